The summed E-state index contributed by atoms with van der Waals surface area (Å²) < 4.78 is 13.4. The summed E-state index contributed by atoms with van der Waals surface area (Å²) in [5.74, 6) is 0. The fourth-order valence-electron chi connectivity index (χ4n) is 1.27. The van der Waals surface area contributed by atoms with Crippen LogP contribution in [-0.4, -0.2) is 38.7 Å². The van der Waals surface area contributed by atoms with Crippen molar-refractivity contribution < 1.29 is 14.7 Å². The molecule has 0 aliphatic carbocycles. The smallest absolute Gasteiger partial charge is 0.0700 e. The molecule has 0 unspecified atom stereocenters. The molecule has 0 saturated heterocycles. The predicted molar refractivity (Wildman–Crippen MR) is 73.1 cm³/mol. The van der Waals surface area contributed by atoms with Crippen LogP contribution in [0.25, 0.3) is 0 Å². The third-order valence-corrected chi connectivity index (χ3v) is 3.29. The molecule has 18 heavy (non-hydrogen) atoms. The van der Waals surface area contributed by atoms with Crippen LogP contribution < -0.4 is 10.2 Å². The lowest BCUT2D eigenvalue weighted by molar-refractivity contribution is 0.0738. The molecule has 0 atom stereocenters. The maximum atomic E-state index is 8.83. The van der Waals surface area contributed by atoms with Crippen LogP contribution in [0, 0.1) is 6.92 Å². The van der Waals surface area contributed by atoms with E-state index in [0.717, 1.165) is 17.0 Å². The first-order valence-electron chi connectivity index (χ1n) is 5.75. The van der Waals surface area contributed by atoms with E-state index in [2.05, 4.69) is 10.2 Å². The Morgan fingerprint density at radius 3 is 2.83 bits per heavy atom. The Hall–Kier alpha value is -0.790. The van der Waals surface area contributed by atoms with Gasteiger partial charge >= 0.3 is 0 Å². The Bertz CT molecular complexity index is 350. The Kier molecular flexibility index (Phi) is 7.79. The molecule has 0 spiro atoms. The van der Waals surface area contributed by atoms with Gasteiger partial charge in [0, 0.05) is 18.6 Å². The van der Waals surface area contributed by atoms with E-state index < -0.39 is 0 Å². The molecule has 6 heteroatoms. The zero-order valence-corrected chi connectivity index (χ0v) is 11.5. The van der Waals surface area contributed by atoms with Crippen molar-refractivity contribution in [3.05, 3.63) is 23.8 Å². The van der Waals surface area contributed by atoms with Gasteiger partial charge in [0.2, 0.25) is 0 Å². The van der Waals surface area contributed by atoms with E-state index in [0.29, 0.717) is 25.5 Å². The average molecular weight is 272 g/mol. The lowest BCUT2D eigenvalue weighted by atomic mass is 10.2. The summed E-state index contributed by atoms with van der Waals surface area (Å²) in [6.45, 7) is 4.67. The molecule has 1 aromatic rings. The van der Waals surface area contributed by atoms with Crippen LogP contribution >= 0.6 is 11.9 Å². The minimum atomic E-state index is 0.617. The van der Waals surface area contributed by atoms with Gasteiger partial charge in [-0.25, -0.2) is 0 Å². The molecule has 0 aromatic heterocycles. The van der Waals surface area contributed by atoms with Crippen LogP contribution in [0.15, 0.2) is 23.1 Å². The van der Waals surface area contributed by atoms with E-state index in [9.17, 15) is 0 Å². The highest BCUT2D eigenvalue weighted by Crippen LogP contribution is 2.23. The monoisotopic (exact) mass is 272 g/mol. The van der Waals surface area contributed by atoms with Crippen molar-refractivity contribution in [2.45, 2.75) is 11.8 Å². The lowest BCUT2D eigenvalue weighted by Gasteiger charge is -2.09. The van der Waals surface area contributed by atoms with E-state index in [1.807, 2.05) is 25.1 Å². The summed E-state index contributed by atoms with van der Waals surface area (Å²) in [6.07, 6.45) is 0. The normalized spacial score (nSPS) is 10.6. The molecule has 0 heterocycles. The Morgan fingerprint density at radius 2 is 2.11 bits per heavy atom. The van der Waals surface area contributed by atoms with Gasteiger partial charge in [-0.3, -0.25) is 15.4 Å². The van der Waals surface area contributed by atoms with Crippen molar-refractivity contribution >= 4 is 17.6 Å². The first kappa shape index (κ1) is 15.3. The fourth-order valence-corrected chi connectivity index (χ4v) is 2.02. The predicted octanol–water partition coefficient (Wildman–Crippen LogP) is 2.06. The van der Waals surface area contributed by atoms with Crippen molar-refractivity contribution in [1.82, 2.24) is 4.72 Å². The summed E-state index contributed by atoms with van der Waals surface area (Å²) in [5, 5.41) is 8.83. The quantitative estimate of drug-likeness (QED) is 0.363. The maximum Gasteiger partial charge on any atom is 0.0700 e. The molecule has 0 bridgehead atoms. The molecule has 0 aliphatic rings. The summed E-state index contributed by atoms with van der Waals surface area (Å²) in [5.41, 5.74) is 3.98. The minimum absolute atomic E-state index is 0.617. The number of benzene rings is 1. The van der Waals surface area contributed by atoms with Crippen LogP contribution in [0.2, 0.25) is 0 Å². The largest absolute Gasteiger partial charge is 0.382 e. The van der Waals surface area contributed by atoms with Crippen molar-refractivity contribution in [2.24, 2.45) is 0 Å². The van der Waals surface area contributed by atoms with Gasteiger partial charge in [-0.2, -0.15) is 0 Å². The molecule has 5 nitrogen and oxygen atoms in total. The van der Waals surface area contributed by atoms with Gasteiger partial charge in [-0.15, -0.1) is 0 Å². The van der Waals surface area contributed by atoms with Crippen LogP contribution in [-0.2, 0) is 9.47 Å². The molecule has 1 aromatic carbocycles. The van der Waals surface area contributed by atoms with Gasteiger partial charge in [0.05, 0.1) is 25.5 Å². The topological polar surface area (TPSA) is 62.8 Å². The summed E-state index contributed by atoms with van der Waals surface area (Å²) in [4.78, 5) is 1.07. The number of hydrogen-bond acceptors (Lipinski definition) is 6. The summed E-state index contributed by atoms with van der Waals surface area (Å²) >= 11 is 1.53. The average Bonchev–Trinajstić information content (AvgIpc) is 2.39. The maximum absolute atomic E-state index is 8.83. The van der Waals surface area contributed by atoms with Gasteiger partial charge in [-0.05, 0) is 36.6 Å². The fraction of sp³-hybridized carbons (Fsp3) is 0.500. The standard InChI is InChI=1S/C12H20N2O3S/c1-10-3-4-11(14-15)9-12(10)18-13-5-6-17-8-7-16-2/h3-4,9,13-15H,5-8H2,1-2H3. The highest BCUT2D eigenvalue weighted by atomic mass is 32.2. The van der Waals surface area contributed by atoms with Gasteiger partial charge in [0.1, 0.15) is 0 Å². The van der Waals surface area contributed by atoms with Crippen molar-refractivity contribution in [1.29, 1.82) is 0 Å². The van der Waals surface area contributed by atoms with Gasteiger partial charge in [0.15, 0.2) is 0 Å². The SMILES string of the molecule is COCCOCCNSc1cc(NO)ccc1C. The third-order valence-electron chi connectivity index (χ3n) is 2.28. The molecule has 3 N–H and O–H groups in total. The van der Waals surface area contributed by atoms with Gasteiger partial charge < -0.3 is 9.47 Å². The molecule has 0 aliphatic heterocycles. The lowest BCUT2D eigenvalue weighted by Crippen LogP contribution is -2.14. The number of rotatable bonds is 9. The molecular formula is C12H20N2O3S. The van der Waals surface area contributed by atoms with Crippen LogP contribution in [0.5, 0.6) is 0 Å². The van der Waals surface area contributed by atoms with Crippen LogP contribution in [0.3, 0.4) is 0 Å². The molecule has 0 fully saturated rings. The second kappa shape index (κ2) is 9.18. The zero-order valence-electron chi connectivity index (χ0n) is 10.7. The number of aryl methyl sites for hydroxylation is 1. The van der Waals surface area contributed by atoms with Gasteiger partial charge in [0.25, 0.3) is 0 Å². The molecular weight excluding hydrogens is 252 g/mol. The van der Waals surface area contributed by atoms with E-state index >= 15 is 0 Å². The highest BCUT2D eigenvalue weighted by molar-refractivity contribution is 7.97. The summed E-state index contributed by atoms with van der Waals surface area (Å²) in [6, 6.07) is 5.67. The van der Waals surface area contributed by atoms with E-state index in [4.69, 9.17) is 14.7 Å². The van der Waals surface area contributed by atoms with Crippen molar-refractivity contribution in [2.75, 3.05) is 39.0 Å². The molecule has 0 saturated carbocycles. The Morgan fingerprint density at radius 1 is 1.28 bits per heavy atom. The van der Waals surface area contributed by atoms with E-state index in [1.165, 1.54) is 11.9 Å². The number of nitrogens with one attached hydrogen (secondary N) is 2. The second-order valence-corrected chi connectivity index (χ2v) is 4.63. The Balaban J connectivity index is 2.22. The number of anilines is 1. The third kappa shape index (κ3) is 5.70. The van der Waals surface area contributed by atoms with Crippen molar-refractivity contribution in [3.63, 3.8) is 0 Å². The van der Waals surface area contributed by atoms with Gasteiger partial charge in [-0.1, -0.05) is 6.07 Å². The van der Waals surface area contributed by atoms with Crippen LogP contribution in [0.4, 0.5) is 5.69 Å². The molecule has 0 radical (unpaired) electrons. The molecule has 0 amide bonds. The van der Waals surface area contributed by atoms with Crippen molar-refractivity contribution in [3.8, 4) is 0 Å². The van der Waals surface area contributed by atoms with Crippen LogP contribution in [0.1, 0.15) is 5.56 Å². The number of methoxy groups -OCH3 is 1. The number of hydrogen-bond donors (Lipinski definition) is 3. The van der Waals surface area contributed by atoms with E-state index in [-0.39, 0.29) is 0 Å². The van der Waals surface area contributed by atoms with E-state index in [1.54, 1.807) is 7.11 Å². The highest BCUT2D eigenvalue weighted by Gasteiger charge is 2.00. The second-order valence-electron chi connectivity index (χ2n) is 3.69. The molecule has 102 valence electrons. The first-order valence-corrected chi connectivity index (χ1v) is 6.56. The molecule has 1 rings (SSSR count). The number of ether oxygens (including phenoxy) is 2. The summed E-state index contributed by atoms with van der Waals surface area (Å²) in [7, 11) is 1.66. The Labute approximate surface area is 112 Å². The first-order chi connectivity index (χ1) is 8.77. The zero-order chi connectivity index (χ0) is 13.2. The minimum Gasteiger partial charge on any atom is -0.382 e.